The third kappa shape index (κ3) is 1.59. The highest BCUT2D eigenvalue weighted by atomic mass is 16.3. The van der Waals surface area contributed by atoms with Gasteiger partial charge in [0, 0.05) is 29.6 Å². The van der Waals surface area contributed by atoms with Crippen molar-refractivity contribution >= 4 is 33.5 Å². The van der Waals surface area contributed by atoms with E-state index >= 15 is 0 Å². The Morgan fingerprint density at radius 2 is 1.64 bits per heavy atom. The molecule has 2 heterocycles. The van der Waals surface area contributed by atoms with Crippen molar-refractivity contribution in [2.75, 3.05) is 11.9 Å². The Labute approximate surface area is 146 Å². The minimum absolute atomic E-state index is 0.315. The topological polar surface area (TPSA) is 16.4 Å². The fourth-order valence-corrected chi connectivity index (χ4v) is 4.74. The standard InChI is InChI=1S/C23H17NO/c1-24-17-11-10-14-6-2-3-7-15(14)21(17)23-18(24)12-13-20-22(23)16-8-4-5-9-19(16)25-20/h2-13,18,23H,1H3. The molecule has 1 aromatic heterocycles. The van der Waals surface area contributed by atoms with Crippen molar-refractivity contribution in [1.29, 1.82) is 0 Å². The summed E-state index contributed by atoms with van der Waals surface area (Å²) < 4.78 is 6.16. The summed E-state index contributed by atoms with van der Waals surface area (Å²) in [5.74, 6) is 1.33. The lowest BCUT2D eigenvalue weighted by molar-refractivity contribution is 0.583. The van der Waals surface area contributed by atoms with Gasteiger partial charge in [-0.2, -0.15) is 0 Å². The molecule has 2 aliphatic rings. The van der Waals surface area contributed by atoms with Gasteiger partial charge in [0.15, 0.2) is 0 Å². The lowest BCUT2D eigenvalue weighted by Crippen LogP contribution is -2.30. The molecule has 3 aromatic carbocycles. The summed E-state index contributed by atoms with van der Waals surface area (Å²) in [6.45, 7) is 0. The van der Waals surface area contributed by atoms with Crippen LogP contribution >= 0.6 is 0 Å². The lowest BCUT2D eigenvalue weighted by atomic mass is 9.81. The summed E-state index contributed by atoms with van der Waals surface area (Å²) >= 11 is 0. The highest BCUT2D eigenvalue weighted by Crippen LogP contribution is 2.52. The van der Waals surface area contributed by atoms with Crippen LogP contribution in [0.2, 0.25) is 0 Å². The zero-order valence-electron chi connectivity index (χ0n) is 13.9. The number of likely N-dealkylation sites (N-methyl/N-ethyl adjacent to an activating group) is 1. The molecule has 2 heteroatoms. The van der Waals surface area contributed by atoms with E-state index < -0.39 is 0 Å². The van der Waals surface area contributed by atoms with E-state index in [0.29, 0.717) is 12.0 Å². The summed E-state index contributed by atoms with van der Waals surface area (Å²) in [5, 5.41) is 3.90. The van der Waals surface area contributed by atoms with Gasteiger partial charge in [0.2, 0.25) is 0 Å². The molecule has 120 valence electrons. The van der Waals surface area contributed by atoms with Crippen LogP contribution in [-0.4, -0.2) is 13.1 Å². The fourth-order valence-electron chi connectivity index (χ4n) is 4.74. The van der Waals surface area contributed by atoms with E-state index in [4.69, 9.17) is 4.42 Å². The molecule has 0 saturated heterocycles. The third-order valence-electron chi connectivity index (χ3n) is 5.85. The summed E-state index contributed by atoms with van der Waals surface area (Å²) in [6.07, 6.45) is 4.45. The van der Waals surface area contributed by atoms with Gasteiger partial charge in [-0.25, -0.2) is 0 Å². The Morgan fingerprint density at radius 3 is 2.56 bits per heavy atom. The number of hydrogen-bond acceptors (Lipinski definition) is 2. The molecular formula is C23H17NO. The zero-order chi connectivity index (χ0) is 16.5. The van der Waals surface area contributed by atoms with Gasteiger partial charge in [0.05, 0.1) is 6.04 Å². The number of para-hydroxylation sites is 1. The molecule has 2 unspecified atom stereocenters. The Hall–Kier alpha value is -3.00. The van der Waals surface area contributed by atoms with Gasteiger partial charge in [-0.3, -0.25) is 0 Å². The number of rotatable bonds is 0. The molecular weight excluding hydrogens is 306 g/mol. The molecule has 6 rings (SSSR count). The molecule has 1 aliphatic carbocycles. The van der Waals surface area contributed by atoms with Crippen LogP contribution in [0.25, 0.3) is 27.8 Å². The van der Waals surface area contributed by atoms with Crippen molar-refractivity contribution in [1.82, 2.24) is 0 Å². The van der Waals surface area contributed by atoms with Crippen molar-refractivity contribution in [3.05, 3.63) is 83.6 Å². The van der Waals surface area contributed by atoms with Crippen molar-refractivity contribution < 1.29 is 4.42 Å². The van der Waals surface area contributed by atoms with E-state index in [-0.39, 0.29) is 0 Å². The smallest absolute Gasteiger partial charge is 0.135 e. The van der Waals surface area contributed by atoms with Crippen LogP contribution in [-0.2, 0) is 0 Å². The molecule has 0 bridgehead atoms. The van der Waals surface area contributed by atoms with E-state index in [9.17, 15) is 0 Å². The minimum atomic E-state index is 0.315. The molecule has 0 amide bonds. The van der Waals surface area contributed by atoms with E-state index in [1.165, 1.54) is 33.0 Å². The van der Waals surface area contributed by atoms with Gasteiger partial charge in [-0.05, 0) is 34.5 Å². The predicted octanol–water partition coefficient (Wildman–Crippen LogP) is 5.56. The maximum absolute atomic E-state index is 6.16. The monoisotopic (exact) mass is 323 g/mol. The molecule has 25 heavy (non-hydrogen) atoms. The first kappa shape index (κ1) is 13.3. The summed E-state index contributed by atoms with van der Waals surface area (Å²) in [4.78, 5) is 2.41. The van der Waals surface area contributed by atoms with E-state index in [0.717, 1.165) is 11.3 Å². The van der Waals surface area contributed by atoms with Crippen LogP contribution < -0.4 is 4.90 Å². The fraction of sp³-hybridized carbons (Fsp3) is 0.130. The highest BCUT2D eigenvalue weighted by molar-refractivity contribution is 5.96. The molecule has 4 aromatic rings. The first-order valence-corrected chi connectivity index (χ1v) is 8.77. The summed E-state index contributed by atoms with van der Waals surface area (Å²) in [6, 6.07) is 22.0. The highest BCUT2D eigenvalue weighted by Gasteiger charge is 2.42. The predicted molar refractivity (Wildman–Crippen MR) is 103 cm³/mol. The molecule has 0 radical (unpaired) electrons. The van der Waals surface area contributed by atoms with Crippen molar-refractivity contribution in [3.8, 4) is 0 Å². The third-order valence-corrected chi connectivity index (χ3v) is 5.85. The van der Waals surface area contributed by atoms with Gasteiger partial charge in [0.25, 0.3) is 0 Å². The quantitative estimate of drug-likeness (QED) is 0.421. The van der Waals surface area contributed by atoms with Gasteiger partial charge in [-0.1, -0.05) is 54.6 Å². The second-order valence-corrected chi connectivity index (χ2v) is 7.03. The molecule has 2 nitrogen and oxygen atoms in total. The van der Waals surface area contributed by atoms with E-state index in [2.05, 4.69) is 78.7 Å². The minimum Gasteiger partial charge on any atom is -0.456 e. The second kappa shape index (κ2) is 4.54. The van der Waals surface area contributed by atoms with Crippen LogP contribution in [0.15, 0.2) is 71.2 Å². The molecule has 0 fully saturated rings. The van der Waals surface area contributed by atoms with E-state index in [1.807, 2.05) is 6.07 Å². The Kier molecular flexibility index (Phi) is 2.42. The van der Waals surface area contributed by atoms with Gasteiger partial charge in [0.1, 0.15) is 11.3 Å². The SMILES string of the molecule is CN1c2ccc3ccccc3c2C2c3c(oc4ccccc34)C=CC21. The van der Waals surface area contributed by atoms with Crippen LogP contribution in [0, 0.1) is 0 Å². The Bertz CT molecular complexity index is 1180. The summed E-state index contributed by atoms with van der Waals surface area (Å²) in [5.41, 5.74) is 5.08. The van der Waals surface area contributed by atoms with Gasteiger partial charge in [-0.15, -0.1) is 0 Å². The van der Waals surface area contributed by atoms with Gasteiger partial charge < -0.3 is 9.32 Å². The molecule has 0 spiro atoms. The number of anilines is 1. The number of nitrogens with zero attached hydrogens (tertiary/aromatic N) is 1. The number of benzene rings is 3. The zero-order valence-corrected chi connectivity index (χ0v) is 13.9. The molecule has 1 aliphatic heterocycles. The van der Waals surface area contributed by atoms with Crippen LogP contribution in [0.5, 0.6) is 0 Å². The lowest BCUT2D eigenvalue weighted by Gasteiger charge is -2.26. The molecule has 0 N–H and O–H groups in total. The average Bonchev–Trinajstić information content (AvgIpc) is 3.17. The normalized spacial score (nSPS) is 20.8. The molecule has 2 atom stereocenters. The van der Waals surface area contributed by atoms with Crippen LogP contribution in [0.3, 0.4) is 0 Å². The van der Waals surface area contributed by atoms with Crippen LogP contribution in [0.1, 0.15) is 22.8 Å². The first-order chi connectivity index (χ1) is 12.3. The Morgan fingerprint density at radius 1 is 0.840 bits per heavy atom. The van der Waals surface area contributed by atoms with E-state index in [1.54, 1.807) is 0 Å². The van der Waals surface area contributed by atoms with Crippen molar-refractivity contribution in [2.45, 2.75) is 12.0 Å². The largest absolute Gasteiger partial charge is 0.456 e. The number of hydrogen-bond donors (Lipinski definition) is 0. The van der Waals surface area contributed by atoms with Crippen molar-refractivity contribution in [3.63, 3.8) is 0 Å². The molecule has 0 saturated carbocycles. The maximum Gasteiger partial charge on any atom is 0.135 e. The number of furan rings is 1. The van der Waals surface area contributed by atoms with Crippen molar-refractivity contribution in [2.24, 2.45) is 0 Å². The van der Waals surface area contributed by atoms with Crippen LogP contribution in [0.4, 0.5) is 5.69 Å². The average molecular weight is 323 g/mol. The maximum atomic E-state index is 6.16. The summed E-state index contributed by atoms with van der Waals surface area (Å²) in [7, 11) is 2.20. The number of fused-ring (bicyclic) bond motifs is 9. The Balaban J connectivity index is 1.74. The second-order valence-electron chi connectivity index (χ2n) is 7.03. The van der Waals surface area contributed by atoms with Gasteiger partial charge >= 0.3 is 0 Å². The first-order valence-electron chi connectivity index (χ1n) is 8.77.